The molecule has 2 aromatic carbocycles. The zero-order valence-corrected chi connectivity index (χ0v) is 19.3. The number of thiophene rings is 1. The van der Waals surface area contributed by atoms with Crippen LogP contribution in [0.25, 0.3) is 0 Å². The molecule has 0 fully saturated rings. The minimum Gasteiger partial charge on any atom is -0.497 e. The molecule has 10 heteroatoms. The third-order valence-electron chi connectivity index (χ3n) is 5.06. The first kappa shape index (κ1) is 21.8. The van der Waals surface area contributed by atoms with Crippen molar-refractivity contribution in [3.8, 4) is 5.75 Å². The van der Waals surface area contributed by atoms with E-state index in [-0.39, 0.29) is 12.3 Å². The molecule has 3 aromatic rings. The maximum absolute atomic E-state index is 12.8. The van der Waals surface area contributed by atoms with Gasteiger partial charge in [-0.3, -0.25) is 4.72 Å². The highest BCUT2D eigenvalue weighted by Gasteiger charge is 2.29. The Morgan fingerprint density at radius 2 is 1.81 bits per heavy atom. The molecular weight excluding hydrogens is 456 g/mol. The second-order valence-electron chi connectivity index (χ2n) is 7.21. The van der Waals surface area contributed by atoms with Crippen LogP contribution >= 0.6 is 11.3 Å². The average molecular weight is 479 g/mol. The maximum atomic E-state index is 12.8. The van der Waals surface area contributed by atoms with E-state index in [0.29, 0.717) is 34.2 Å². The van der Waals surface area contributed by atoms with Gasteiger partial charge in [0, 0.05) is 18.8 Å². The highest BCUT2D eigenvalue weighted by Crippen LogP contribution is 2.29. The average Bonchev–Trinajstić information content (AvgIpc) is 3.29. The van der Waals surface area contributed by atoms with Crippen molar-refractivity contribution in [2.75, 3.05) is 18.4 Å². The van der Waals surface area contributed by atoms with Gasteiger partial charge in [-0.05, 0) is 58.8 Å². The van der Waals surface area contributed by atoms with Crippen LogP contribution in [0.5, 0.6) is 5.75 Å². The summed E-state index contributed by atoms with van der Waals surface area (Å²) in [5.41, 5.74) is 2.88. The van der Waals surface area contributed by atoms with Crippen LogP contribution in [0.2, 0.25) is 0 Å². The van der Waals surface area contributed by atoms with Crippen molar-refractivity contribution >= 4 is 37.1 Å². The normalized spacial score (nSPS) is 14.7. The molecule has 0 amide bonds. The summed E-state index contributed by atoms with van der Waals surface area (Å²) in [5.74, 6) is 0.485. The minimum absolute atomic E-state index is 0.174. The van der Waals surface area contributed by atoms with Gasteiger partial charge in [-0.2, -0.15) is 4.31 Å². The predicted molar refractivity (Wildman–Crippen MR) is 121 cm³/mol. The molecule has 0 saturated carbocycles. The number of sulfonamides is 2. The molecule has 1 aliphatic heterocycles. The van der Waals surface area contributed by atoms with Crippen LogP contribution in [0.4, 0.5) is 5.69 Å². The van der Waals surface area contributed by atoms with Crippen molar-refractivity contribution in [2.45, 2.75) is 22.9 Å². The number of nitrogens with one attached hydrogen (secondary N) is 1. The fourth-order valence-corrected chi connectivity index (χ4v) is 7.25. The van der Waals surface area contributed by atoms with E-state index in [1.807, 2.05) is 6.07 Å². The molecule has 164 valence electrons. The minimum atomic E-state index is -3.63. The quantitative estimate of drug-likeness (QED) is 0.562. The Labute approximate surface area is 186 Å². The number of anilines is 1. The molecule has 1 aliphatic rings. The summed E-state index contributed by atoms with van der Waals surface area (Å²) in [6.07, 6.45) is 0.582. The Morgan fingerprint density at radius 3 is 2.48 bits per heavy atom. The number of ether oxygens (including phenoxy) is 1. The van der Waals surface area contributed by atoms with Gasteiger partial charge in [0.15, 0.2) is 0 Å². The Balaban J connectivity index is 1.50. The summed E-state index contributed by atoms with van der Waals surface area (Å²) in [6.45, 7) is 0.611. The van der Waals surface area contributed by atoms with Gasteiger partial charge in [-0.25, -0.2) is 16.8 Å². The summed E-state index contributed by atoms with van der Waals surface area (Å²) in [4.78, 5) is 0. The van der Waals surface area contributed by atoms with Gasteiger partial charge in [-0.1, -0.05) is 24.3 Å². The molecule has 0 radical (unpaired) electrons. The molecule has 1 aromatic heterocycles. The number of hydrogen-bond acceptors (Lipinski definition) is 6. The Morgan fingerprint density at radius 1 is 1.03 bits per heavy atom. The van der Waals surface area contributed by atoms with E-state index >= 15 is 0 Å². The van der Waals surface area contributed by atoms with Crippen molar-refractivity contribution in [3.05, 3.63) is 76.7 Å². The first-order valence-electron chi connectivity index (χ1n) is 9.56. The van der Waals surface area contributed by atoms with Crippen molar-refractivity contribution < 1.29 is 21.6 Å². The smallest absolute Gasteiger partial charge is 0.252 e. The van der Waals surface area contributed by atoms with Gasteiger partial charge in [0.25, 0.3) is 10.0 Å². The summed E-state index contributed by atoms with van der Waals surface area (Å²) in [6, 6.07) is 15.4. The molecule has 7 nitrogen and oxygen atoms in total. The lowest BCUT2D eigenvalue weighted by atomic mass is 10.0. The second kappa shape index (κ2) is 8.62. The van der Waals surface area contributed by atoms with Crippen LogP contribution in [-0.2, 0) is 38.8 Å². The van der Waals surface area contributed by atoms with Crippen molar-refractivity contribution in [1.82, 2.24) is 4.31 Å². The number of fused-ring (bicyclic) bond motifs is 1. The summed E-state index contributed by atoms with van der Waals surface area (Å²) in [5, 5.41) is 1.74. The largest absolute Gasteiger partial charge is 0.497 e. The van der Waals surface area contributed by atoms with Crippen LogP contribution in [0, 0.1) is 0 Å². The Hall–Kier alpha value is -2.40. The van der Waals surface area contributed by atoms with Gasteiger partial charge in [0.1, 0.15) is 9.96 Å². The third kappa shape index (κ3) is 4.93. The molecule has 0 aliphatic carbocycles. The molecule has 0 spiro atoms. The first-order valence-corrected chi connectivity index (χ1v) is 13.5. The molecule has 0 saturated heterocycles. The maximum Gasteiger partial charge on any atom is 0.252 e. The fraction of sp³-hybridized carbons (Fsp3) is 0.238. The van der Waals surface area contributed by atoms with E-state index in [1.54, 1.807) is 61.0 Å². The zero-order chi connectivity index (χ0) is 22.1. The number of hydrogen-bond donors (Lipinski definition) is 1. The van der Waals surface area contributed by atoms with E-state index in [9.17, 15) is 16.8 Å². The standard InChI is InChI=1S/C21H22N2O5S3/c1-28-20-8-4-16(5-9-20)15-30(24,25)22-19-7-6-17-10-11-23(14-18(17)13-19)31(26,27)21-3-2-12-29-21/h2-9,12-13,22H,10-11,14-15H2,1H3. The molecule has 0 unspecified atom stereocenters. The molecular formula is C21H22N2O5S3. The molecule has 0 bridgehead atoms. The van der Waals surface area contributed by atoms with E-state index in [1.165, 1.54) is 15.6 Å². The highest BCUT2D eigenvalue weighted by atomic mass is 32.2. The van der Waals surface area contributed by atoms with Crippen molar-refractivity contribution in [1.29, 1.82) is 0 Å². The van der Waals surface area contributed by atoms with Crippen molar-refractivity contribution in [3.63, 3.8) is 0 Å². The van der Waals surface area contributed by atoms with Gasteiger partial charge < -0.3 is 4.74 Å². The molecule has 2 heterocycles. The Kier molecular flexibility index (Phi) is 6.07. The lowest BCUT2D eigenvalue weighted by molar-refractivity contribution is 0.392. The Bertz CT molecular complexity index is 1270. The fourth-order valence-electron chi connectivity index (χ4n) is 3.49. The van der Waals surface area contributed by atoms with E-state index in [2.05, 4.69) is 4.72 Å². The van der Waals surface area contributed by atoms with Gasteiger partial charge in [0.2, 0.25) is 10.0 Å². The molecule has 31 heavy (non-hydrogen) atoms. The van der Waals surface area contributed by atoms with E-state index in [0.717, 1.165) is 11.1 Å². The second-order valence-corrected chi connectivity index (χ2v) is 12.0. The first-order chi connectivity index (χ1) is 14.8. The van der Waals surface area contributed by atoms with Crippen molar-refractivity contribution in [2.24, 2.45) is 0 Å². The number of rotatable bonds is 7. The summed E-state index contributed by atoms with van der Waals surface area (Å²) < 4.78 is 60.4. The van der Waals surface area contributed by atoms with Gasteiger partial charge in [-0.15, -0.1) is 11.3 Å². The molecule has 1 N–H and O–H groups in total. The molecule has 4 rings (SSSR count). The number of nitrogens with zero attached hydrogens (tertiary/aromatic N) is 1. The lowest BCUT2D eigenvalue weighted by Gasteiger charge is -2.28. The highest BCUT2D eigenvalue weighted by molar-refractivity contribution is 7.92. The zero-order valence-electron chi connectivity index (χ0n) is 16.8. The van der Waals surface area contributed by atoms with Gasteiger partial charge in [0.05, 0.1) is 12.9 Å². The van der Waals surface area contributed by atoms with Gasteiger partial charge >= 0.3 is 0 Å². The number of benzene rings is 2. The van der Waals surface area contributed by atoms with Crippen LogP contribution in [0.1, 0.15) is 16.7 Å². The van der Waals surface area contributed by atoms with E-state index in [4.69, 9.17) is 4.74 Å². The SMILES string of the molecule is COc1ccc(CS(=O)(=O)Nc2ccc3c(c2)CN(S(=O)(=O)c2cccs2)CC3)cc1. The monoisotopic (exact) mass is 478 g/mol. The molecule has 0 atom stereocenters. The topological polar surface area (TPSA) is 92.8 Å². The summed E-state index contributed by atoms with van der Waals surface area (Å²) in [7, 11) is -5.63. The number of methoxy groups -OCH3 is 1. The van der Waals surface area contributed by atoms with Crippen LogP contribution in [0.15, 0.2) is 64.2 Å². The third-order valence-corrected chi connectivity index (χ3v) is 9.54. The van der Waals surface area contributed by atoms with E-state index < -0.39 is 20.0 Å². The lowest BCUT2D eigenvalue weighted by Crippen LogP contribution is -2.35. The van der Waals surface area contributed by atoms with Crippen LogP contribution in [0.3, 0.4) is 0 Å². The predicted octanol–water partition coefficient (Wildman–Crippen LogP) is 3.45. The van der Waals surface area contributed by atoms with Crippen LogP contribution < -0.4 is 9.46 Å². The van der Waals surface area contributed by atoms with Crippen LogP contribution in [-0.4, -0.2) is 34.8 Å². The summed E-state index contributed by atoms with van der Waals surface area (Å²) >= 11 is 1.19.